The molecule has 2 rings (SSSR count). The minimum absolute atomic E-state index is 0.0789. The molecule has 1 amide bonds. The SMILES string of the molecule is CCCCC1CCCC1NC(=O)[C@@H]1CC[C@H](CN)O1. The van der Waals surface area contributed by atoms with Crippen LogP contribution in [0.5, 0.6) is 0 Å². The van der Waals surface area contributed by atoms with E-state index in [2.05, 4.69) is 12.2 Å². The highest BCUT2D eigenvalue weighted by Gasteiger charge is 2.34. The van der Waals surface area contributed by atoms with Gasteiger partial charge >= 0.3 is 0 Å². The van der Waals surface area contributed by atoms with Crippen molar-refractivity contribution in [3.8, 4) is 0 Å². The van der Waals surface area contributed by atoms with Crippen LogP contribution in [0.4, 0.5) is 0 Å². The van der Waals surface area contributed by atoms with E-state index in [-0.39, 0.29) is 18.1 Å². The summed E-state index contributed by atoms with van der Waals surface area (Å²) in [7, 11) is 0. The summed E-state index contributed by atoms with van der Waals surface area (Å²) >= 11 is 0. The minimum atomic E-state index is -0.263. The van der Waals surface area contributed by atoms with Crippen molar-refractivity contribution < 1.29 is 9.53 Å². The summed E-state index contributed by atoms with van der Waals surface area (Å²) in [5, 5.41) is 3.22. The molecule has 1 aliphatic carbocycles. The van der Waals surface area contributed by atoms with Gasteiger partial charge in [0.25, 0.3) is 0 Å². The van der Waals surface area contributed by atoms with Gasteiger partial charge in [-0.05, 0) is 38.0 Å². The molecule has 1 aliphatic heterocycles. The molecule has 4 heteroatoms. The fourth-order valence-corrected chi connectivity index (χ4v) is 3.39. The van der Waals surface area contributed by atoms with Gasteiger partial charge in [0.2, 0.25) is 5.91 Å². The van der Waals surface area contributed by atoms with Crippen LogP contribution in [-0.4, -0.2) is 30.7 Å². The fraction of sp³-hybridized carbons (Fsp3) is 0.933. The summed E-state index contributed by atoms with van der Waals surface area (Å²) in [5.41, 5.74) is 5.58. The Morgan fingerprint density at radius 1 is 1.32 bits per heavy atom. The number of carbonyl (C=O) groups excluding carboxylic acids is 1. The topological polar surface area (TPSA) is 64.4 Å². The molecular formula is C15H28N2O2. The molecule has 2 fully saturated rings. The summed E-state index contributed by atoms with van der Waals surface area (Å²) in [5.74, 6) is 0.764. The Labute approximate surface area is 116 Å². The van der Waals surface area contributed by atoms with E-state index < -0.39 is 0 Å². The van der Waals surface area contributed by atoms with E-state index in [0.29, 0.717) is 18.5 Å². The molecule has 4 atom stereocenters. The van der Waals surface area contributed by atoms with Crippen LogP contribution in [0.1, 0.15) is 58.3 Å². The fourth-order valence-electron chi connectivity index (χ4n) is 3.39. The van der Waals surface area contributed by atoms with Crippen LogP contribution >= 0.6 is 0 Å². The molecule has 0 spiro atoms. The van der Waals surface area contributed by atoms with Crippen LogP contribution in [0.25, 0.3) is 0 Å². The summed E-state index contributed by atoms with van der Waals surface area (Å²) in [4.78, 5) is 12.2. The molecule has 110 valence electrons. The molecule has 3 N–H and O–H groups in total. The van der Waals surface area contributed by atoms with Gasteiger partial charge in [0, 0.05) is 12.6 Å². The second kappa shape index (κ2) is 7.25. The third kappa shape index (κ3) is 3.93. The molecule has 0 bridgehead atoms. The second-order valence-electron chi connectivity index (χ2n) is 6.01. The van der Waals surface area contributed by atoms with Crippen LogP contribution in [-0.2, 0) is 9.53 Å². The smallest absolute Gasteiger partial charge is 0.249 e. The molecule has 2 aliphatic rings. The number of unbranched alkanes of at least 4 members (excludes halogenated alkanes) is 1. The van der Waals surface area contributed by atoms with Gasteiger partial charge in [-0.25, -0.2) is 0 Å². The lowest BCUT2D eigenvalue weighted by Gasteiger charge is -2.22. The zero-order chi connectivity index (χ0) is 13.7. The van der Waals surface area contributed by atoms with E-state index in [1.165, 1.54) is 32.1 Å². The molecule has 0 radical (unpaired) electrons. The molecule has 0 aromatic rings. The van der Waals surface area contributed by atoms with E-state index >= 15 is 0 Å². The lowest BCUT2D eigenvalue weighted by atomic mass is 9.96. The maximum Gasteiger partial charge on any atom is 0.249 e. The molecule has 1 heterocycles. The average Bonchev–Trinajstić information content (AvgIpc) is 3.05. The van der Waals surface area contributed by atoms with Crippen LogP contribution < -0.4 is 11.1 Å². The summed E-state index contributed by atoms with van der Waals surface area (Å²) in [6.07, 6.45) is 8.95. The van der Waals surface area contributed by atoms with Crippen LogP contribution in [0, 0.1) is 5.92 Å². The Hall–Kier alpha value is -0.610. The van der Waals surface area contributed by atoms with Gasteiger partial charge in [-0.15, -0.1) is 0 Å². The number of hydrogen-bond donors (Lipinski definition) is 2. The van der Waals surface area contributed by atoms with Gasteiger partial charge in [-0.2, -0.15) is 0 Å². The van der Waals surface area contributed by atoms with Crippen LogP contribution in [0.2, 0.25) is 0 Å². The highest BCUT2D eigenvalue weighted by atomic mass is 16.5. The lowest BCUT2D eigenvalue weighted by Crippen LogP contribution is -2.43. The number of nitrogens with one attached hydrogen (secondary N) is 1. The Bertz CT molecular complexity index is 296. The van der Waals surface area contributed by atoms with Gasteiger partial charge in [0.15, 0.2) is 0 Å². The number of carbonyl (C=O) groups is 1. The van der Waals surface area contributed by atoms with Gasteiger partial charge < -0.3 is 15.8 Å². The van der Waals surface area contributed by atoms with Crippen molar-refractivity contribution >= 4 is 5.91 Å². The molecule has 4 nitrogen and oxygen atoms in total. The largest absolute Gasteiger partial charge is 0.364 e. The van der Waals surface area contributed by atoms with E-state index in [9.17, 15) is 4.79 Å². The predicted molar refractivity (Wildman–Crippen MR) is 75.7 cm³/mol. The molecule has 0 aromatic carbocycles. The van der Waals surface area contributed by atoms with Crippen LogP contribution in [0.15, 0.2) is 0 Å². The number of nitrogens with two attached hydrogens (primary N) is 1. The monoisotopic (exact) mass is 268 g/mol. The Morgan fingerprint density at radius 3 is 2.84 bits per heavy atom. The van der Waals surface area contributed by atoms with E-state index in [4.69, 9.17) is 10.5 Å². The predicted octanol–water partition coefficient (Wildman–Crippen LogP) is 1.97. The maximum atomic E-state index is 12.2. The quantitative estimate of drug-likeness (QED) is 0.774. The third-order valence-corrected chi connectivity index (χ3v) is 4.58. The average molecular weight is 268 g/mol. The highest BCUT2D eigenvalue weighted by Crippen LogP contribution is 2.30. The normalized spacial score (nSPS) is 34.6. The van der Waals surface area contributed by atoms with Crippen molar-refractivity contribution in [2.45, 2.75) is 76.5 Å². The van der Waals surface area contributed by atoms with Crippen molar-refractivity contribution in [3.63, 3.8) is 0 Å². The molecule has 19 heavy (non-hydrogen) atoms. The van der Waals surface area contributed by atoms with E-state index in [1.54, 1.807) is 0 Å². The van der Waals surface area contributed by atoms with Crippen molar-refractivity contribution in [1.29, 1.82) is 0 Å². The summed E-state index contributed by atoms with van der Waals surface area (Å²) < 4.78 is 5.66. The molecule has 0 aromatic heterocycles. The van der Waals surface area contributed by atoms with Gasteiger partial charge in [0.1, 0.15) is 6.10 Å². The minimum Gasteiger partial charge on any atom is -0.364 e. The Balaban J connectivity index is 1.78. The lowest BCUT2D eigenvalue weighted by molar-refractivity contribution is -0.132. The summed E-state index contributed by atoms with van der Waals surface area (Å²) in [6.45, 7) is 2.74. The van der Waals surface area contributed by atoms with Crippen molar-refractivity contribution in [2.75, 3.05) is 6.54 Å². The van der Waals surface area contributed by atoms with Crippen LogP contribution in [0.3, 0.4) is 0 Å². The van der Waals surface area contributed by atoms with Crippen molar-refractivity contribution in [1.82, 2.24) is 5.32 Å². The molecule has 1 saturated carbocycles. The zero-order valence-corrected chi connectivity index (χ0v) is 12.1. The van der Waals surface area contributed by atoms with E-state index in [0.717, 1.165) is 19.3 Å². The number of amides is 1. The molecular weight excluding hydrogens is 240 g/mol. The zero-order valence-electron chi connectivity index (χ0n) is 12.1. The van der Waals surface area contributed by atoms with Gasteiger partial charge in [0.05, 0.1) is 6.10 Å². The second-order valence-corrected chi connectivity index (χ2v) is 6.01. The molecule has 1 saturated heterocycles. The Morgan fingerprint density at radius 2 is 2.16 bits per heavy atom. The number of rotatable bonds is 6. The standard InChI is InChI=1S/C15H28N2O2/c1-2-3-5-11-6-4-7-13(11)17-15(18)14-9-8-12(10-16)19-14/h11-14H,2-10,16H2,1H3,(H,17,18)/t11?,12-,13?,14+/m1/s1. The first-order chi connectivity index (χ1) is 9.24. The first kappa shape index (κ1) is 14.8. The van der Waals surface area contributed by atoms with Crippen molar-refractivity contribution in [3.05, 3.63) is 0 Å². The first-order valence-electron chi connectivity index (χ1n) is 7.90. The summed E-state index contributed by atoms with van der Waals surface area (Å²) in [6, 6.07) is 0.375. The van der Waals surface area contributed by atoms with Gasteiger partial charge in [-0.1, -0.05) is 26.2 Å². The Kier molecular flexibility index (Phi) is 5.64. The maximum absolute atomic E-state index is 12.2. The van der Waals surface area contributed by atoms with Gasteiger partial charge in [-0.3, -0.25) is 4.79 Å². The highest BCUT2D eigenvalue weighted by molar-refractivity contribution is 5.81. The molecule has 2 unspecified atom stereocenters. The number of ether oxygens (including phenoxy) is 1. The van der Waals surface area contributed by atoms with Crippen molar-refractivity contribution in [2.24, 2.45) is 11.7 Å². The number of hydrogen-bond acceptors (Lipinski definition) is 3. The van der Waals surface area contributed by atoms with E-state index in [1.807, 2.05) is 0 Å². The third-order valence-electron chi connectivity index (χ3n) is 4.58. The first-order valence-corrected chi connectivity index (χ1v) is 7.90.